The normalized spacial score (nSPS) is 13.3. The molecule has 0 radical (unpaired) electrons. The van der Waals surface area contributed by atoms with Gasteiger partial charge in [-0.2, -0.15) is 0 Å². The Balaban J connectivity index is 0.000000332. The fraction of sp³-hybridized carbons (Fsp3) is 0.568. The van der Waals surface area contributed by atoms with Crippen LogP contribution >= 0.6 is 125 Å². The molecule has 0 N–H and O–H groups in total. The molecule has 4 aromatic carbocycles. The third-order valence-corrected chi connectivity index (χ3v) is 103. The average molecular weight is 2550 g/mol. The molecular weight excluding hydrogens is 2440 g/mol. The molecule has 5 heterocycles. The Morgan fingerprint density at radius 3 is 0.718 bits per heavy atom. The van der Waals surface area contributed by atoms with Gasteiger partial charge in [-0.1, -0.05) is 222 Å². The molecule has 1 saturated heterocycles. The summed E-state index contributed by atoms with van der Waals surface area (Å²) in [5.74, 6) is 0. The largest absolute Gasteiger partial charge is 0.494 e. The zero-order chi connectivity index (χ0) is 88.6. The summed E-state index contributed by atoms with van der Waals surface area (Å²) in [5.41, 5.74) is 11.8. The molecule has 8 aromatic rings. The van der Waals surface area contributed by atoms with Crippen molar-refractivity contribution in [1.82, 2.24) is 0 Å². The average Bonchev–Trinajstić information content (AvgIpc) is 1.58. The van der Waals surface area contributed by atoms with E-state index in [4.69, 9.17) is 9.31 Å². The quantitative estimate of drug-likeness (QED) is 0.0781. The van der Waals surface area contributed by atoms with Crippen LogP contribution < -0.4 is 23.5 Å². The van der Waals surface area contributed by atoms with Crippen molar-refractivity contribution >= 4 is 482 Å². The van der Waals surface area contributed by atoms with Crippen molar-refractivity contribution in [2.75, 3.05) is 0 Å². The lowest BCUT2D eigenvalue weighted by atomic mass is 9.79. The number of hydrogen-bond donors (Lipinski definition) is 0. The van der Waals surface area contributed by atoms with Crippen LogP contribution in [0.15, 0.2) is 95.2 Å². The SMILES string of the molecule is CC(C)[Si](c1cc2c(-c3ccc(Br)cc3)c3sc([Si](C(C)C)(C(C)C)C(C)C)cc3c(Br)c2s1)(C(C)C)C(C)C.CC(C)[Si](c1cc2c(Br)c3sc([Si](C(C)C)(C(C)C)C(C)C)cc3c(Br)c2s1)(C(C)C)C(C)C.CC1(C)OB(c2ccc(Br)cc2)OC1(C)C.S=S=S=S=S=S=S=S.S=S=S=S=S=S=S=S=S.S=S=S=S=S=S=S=S=S=S. The van der Waals surface area contributed by atoms with E-state index in [1.165, 1.54) is 118 Å². The third-order valence-electron chi connectivity index (χ3n) is 22.9. The summed E-state index contributed by atoms with van der Waals surface area (Å²) in [7, 11) is 25.5. The molecule has 1 fully saturated rings. The molecule has 9 rings (SSSR count). The fourth-order valence-electron chi connectivity index (χ4n) is 18.3. The maximum atomic E-state index is 5.95. The van der Waals surface area contributed by atoms with Gasteiger partial charge in [0, 0.05) is 312 Å². The summed E-state index contributed by atoms with van der Waals surface area (Å²) in [6, 6.07) is 27.5. The first-order valence-corrected chi connectivity index (χ1v) is 85.7. The molecule has 0 spiro atoms. The smallest absolute Gasteiger partial charge is 0.399 e. The highest BCUT2D eigenvalue weighted by Gasteiger charge is 2.53. The summed E-state index contributed by atoms with van der Waals surface area (Å²) >= 11 is 55.8. The van der Waals surface area contributed by atoms with Gasteiger partial charge >= 0.3 is 7.12 Å². The summed E-state index contributed by atoms with van der Waals surface area (Å²) in [4.78, 5) is 0. The van der Waals surface area contributed by atoms with Crippen LogP contribution in [0.25, 0.3) is 51.5 Å². The van der Waals surface area contributed by atoms with Crippen molar-refractivity contribution in [3.63, 3.8) is 0 Å². The van der Waals surface area contributed by atoms with E-state index in [0.717, 1.165) is 47.7 Å². The second kappa shape index (κ2) is 55.1. The Morgan fingerprint density at radius 2 is 0.487 bits per heavy atom. The third kappa shape index (κ3) is 28.8. The minimum absolute atomic E-state index is 0.266. The Bertz CT molecular complexity index is 5330. The first-order chi connectivity index (χ1) is 54.8. The van der Waals surface area contributed by atoms with E-state index in [2.05, 4.69) is 435 Å². The second-order valence-electron chi connectivity index (χ2n) is 32.4. The van der Waals surface area contributed by atoms with Gasteiger partial charge in [-0.15, -0.1) is 45.3 Å². The van der Waals surface area contributed by atoms with E-state index in [-0.39, 0.29) is 18.3 Å². The summed E-state index contributed by atoms with van der Waals surface area (Å²) < 4.78 is 30.5. The van der Waals surface area contributed by atoms with E-state index >= 15 is 0 Å². The summed E-state index contributed by atoms with van der Waals surface area (Å²) in [6.07, 6.45) is 0. The van der Waals surface area contributed by atoms with Crippen LogP contribution in [0.1, 0.15) is 194 Å². The predicted molar refractivity (Wildman–Crippen MR) is 642 cm³/mol. The Hall–Kier alpha value is 5.91. The van der Waals surface area contributed by atoms with Gasteiger partial charge in [-0.25, -0.2) is 0 Å². The zero-order valence-electron chi connectivity index (χ0n) is 70.8. The van der Waals surface area contributed by atoms with Gasteiger partial charge < -0.3 is 9.31 Å². The highest BCUT2D eigenvalue weighted by atomic mass is 79.9. The second-order valence-corrected chi connectivity index (χ2v) is 103. The molecule has 0 unspecified atom stereocenters. The molecule has 4 aromatic heterocycles. The van der Waals surface area contributed by atoms with Crippen molar-refractivity contribution in [2.24, 2.45) is 0 Å². The highest BCUT2D eigenvalue weighted by Crippen LogP contribution is 2.54. The monoisotopic (exact) mass is 2540 g/mol. The number of benzene rings is 4. The molecular formula is C74H108BBr5O2S31Si4. The standard InChI is InChI=1S/C34H48Br2S2Si2.C28H44Br2S2Si2.C12H16BBrO2.S10.S9.S8/c1-19(2)39(20(3)4,21(5)6)29-17-27-31(25-13-15-26(35)16-14-25)33-28(32(36)34(27)38-29)18-30(37-33)40(22(7)8,23(9)10)24(11)12;1-15(2)33(16(3)4,17(5)6)23-13-21-25(29)28-22(26(30)27(21)31-23)14-24(32-28)34(18(7)8,19(9)10)20(11)12;1-11(2)12(3,4)16-13(15-11)9-5-7-10(14)8-6-9;1-3-5-7-9-10-8-6-4-2;1-3-5-7-9-8-6-4-2;1-3-5-7-8-6-4-2/h13-24H,1-12H3;13-20H,1-12H3;5-8H,1-4H3;;;. The highest BCUT2D eigenvalue weighted by molar-refractivity contribution is 9.11. The first-order valence-electron chi connectivity index (χ1n) is 37.5. The van der Waals surface area contributed by atoms with Crippen molar-refractivity contribution in [3.05, 3.63) is 95.2 Å². The van der Waals surface area contributed by atoms with Gasteiger partial charge in [0.05, 0.1) is 20.6 Å². The number of fused-ring (bicyclic) bond motifs is 4. The van der Waals surface area contributed by atoms with E-state index in [0.29, 0.717) is 33.2 Å². The molecule has 0 atom stereocenters. The maximum absolute atomic E-state index is 5.95. The molecule has 0 aliphatic carbocycles. The Labute approximate surface area is 854 Å². The van der Waals surface area contributed by atoms with Crippen molar-refractivity contribution in [1.29, 1.82) is 0 Å². The first kappa shape index (κ1) is 115. The van der Waals surface area contributed by atoms with Gasteiger partial charge in [0.2, 0.25) is 0 Å². The van der Waals surface area contributed by atoms with E-state index in [1.807, 2.05) is 24.3 Å². The Kier molecular flexibility index (Phi) is 54.2. The van der Waals surface area contributed by atoms with E-state index < -0.39 is 32.3 Å². The number of halogens is 5. The van der Waals surface area contributed by atoms with Gasteiger partial charge in [0.1, 0.15) is 32.3 Å². The van der Waals surface area contributed by atoms with E-state index in [9.17, 15) is 0 Å². The topological polar surface area (TPSA) is 18.5 Å². The van der Waals surface area contributed by atoms with Gasteiger partial charge in [-0.3, -0.25) is 0 Å². The maximum Gasteiger partial charge on any atom is 0.494 e. The van der Waals surface area contributed by atoms with Gasteiger partial charge in [0.15, 0.2) is 0 Å². The molecule has 0 saturated carbocycles. The van der Waals surface area contributed by atoms with Gasteiger partial charge in [-0.05, 0) is 220 Å². The van der Waals surface area contributed by atoms with E-state index in [1.54, 1.807) is 151 Å². The molecule has 117 heavy (non-hydrogen) atoms. The van der Waals surface area contributed by atoms with Crippen LogP contribution in [-0.4, -0.2) is 50.6 Å². The lowest BCUT2D eigenvalue weighted by molar-refractivity contribution is 0.00578. The molecule has 656 valence electrons. The number of rotatable bonds is 18. The molecule has 0 amide bonds. The summed E-state index contributed by atoms with van der Waals surface area (Å²) in [5, 5.41) is 5.69. The minimum Gasteiger partial charge on any atom is -0.399 e. The predicted octanol–water partition coefficient (Wildman–Crippen LogP) is 27.2. The molecule has 2 nitrogen and oxygen atoms in total. The summed E-state index contributed by atoms with van der Waals surface area (Å²) in [6.45, 7) is 67.7. The van der Waals surface area contributed by atoms with Crippen LogP contribution in [0.4, 0.5) is 0 Å². The fourth-order valence-corrected chi connectivity index (χ4v) is 103. The number of thiophene rings is 4. The van der Waals surface area contributed by atoms with Crippen LogP contribution in [0, 0.1) is 0 Å². The Morgan fingerprint density at radius 1 is 0.291 bits per heavy atom. The van der Waals surface area contributed by atoms with Gasteiger partial charge in [0.25, 0.3) is 0 Å². The molecule has 43 heteroatoms. The molecule has 0 bridgehead atoms. The van der Waals surface area contributed by atoms with Crippen LogP contribution in [0.3, 0.4) is 0 Å². The van der Waals surface area contributed by atoms with Crippen LogP contribution in [0.5, 0.6) is 0 Å². The molecule has 1 aliphatic heterocycles. The van der Waals surface area contributed by atoms with Crippen molar-refractivity contribution < 1.29 is 9.31 Å². The molecule has 1 aliphatic rings. The lowest BCUT2D eigenvalue weighted by Gasteiger charge is -2.42. The lowest BCUT2D eigenvalue weighted by Crippen LogP contribution is -2.54. The minimum atomic E-state index is -1.78. The number of hydrogen-bond acceptors (Lipinski definition) is 12. The zero-order valence-corrected chi connectivity index (χ0v) is 108. The van der Waals surface area contributed by atoms with Crippen LogP contribution in [0.2, 0.25) is 66.5 Å². The van der Waals surface area contributed by atoms with Crippen molar-refractivity contribution in [3.8, 4) is 11.1 Å². The van der Waals surface area contributed by atoms with Crippen LogP contribution in [-0.2, 0) is 263 Å². The van der Waals surface area contributed by atoms with Crippen molar-refractivity contribution in [2.45, 2.75) is 272 Å².